The van der Waals surface area contributed by atoms with Gasteiger partial charge in [0.15, 0.2) is 0 Å². The summed E-state index contributed by atoms with van der Waals surface area (Å²) in [7, 11) is 0. The van der Waals surface area contributed by atoms with Crippen LogP contribution in [0.2, 0.25) is 0 Å². The first-order valence-corrected chi connectivity index (χ1v) is 12.8. The monoisotopic (exact) mass is 482 g/mol. The molecule has 0 saturated heterocycles. The van der Waals surface area contributed by atoms with Gasteiger partial charge in [-0.3, -0.25) is 0 Å². The summed E-state index contributed by atoms with van der Waals surface area (Å²) in [5.74, 6) is -1.06. The summed E-state index contributed by atoms with van der Waals surface area (Å²) in [6.07, 6.45) is 2.01. The maximum absolute atomic E-state index is 15.5. The van der Waals surface area contributed by atoms with E-state index in [1.54, 1.807) is 0 Å². The SMILES string of the molecule is CCCc1c(C)cc(-c2c(F)cc(-c3ccc(-c4cc(C)c(C)c(C)c4C)cc3)cc2F)c(C)c1C. The van der Waals surface area contributed by atoms with Gasteiger partial charge >= 0.3 is 0 Å². The molecule has 0 aliphatic heterocycles. The van der Waals surface area contributed by atoms with Crippen LogP contribution in [-0.2, 0) is 6.42 Å². The van der Waals surface area contributed by atoms with E-state index < -0.39 is 11.6 Å². The van der Waals surface area contributed by atoms with Gasteiger partial charge in [0.05, 0.1) is 5.56 Å². The average Bonchev–Trinajstić information content (AvgIpc) is 2.85. The van der Waals surface area contributed by atoms with Gasteiger partial charge in [-0.25, -0.2) is 8.78 Å². The highest BCUT2D eigenvalue weighted by molar-refractivity contribution is 5.77. The zero-order chi connectivity index (χ0) is 26.3. The predicted octanol–water partition coefficient (Wildman–Crippen LogP) is 10.1. The van der Waals surface area contributed by atoms with Crippen LogP contribution in [0.4, 0.5) is 8.78 Å². The minimum atomic E-state index is -0.528. The second kappa shape index (κ2) is 10.0. The molecule has 0 heterocycles. The molecule has 0 unspecified atom stereocenters. The lowest BCUT2D eigenvalue weighted by atomic mass is 9.87. The third-order valence-electron chi connectivity index (χ3n) is 8.08. The van der Waals surface area contributed by atoms with Gasteiger partial charge in [0, 0.05) is 0 Å². The molecule has 4 aromatic carbocycles. The molecular formula is C34H36F2. The Bertz CT molecular complexity index is 1430. The van der Waals surface area contributed by atoms with Gasteiger partial charge in [0.25, 0.3) is 0 Å². The minimum absolute atomic E-state index is 0.0587. The highest BCUT2D eigenvalue weighted by atomic mass is 19.1. The van der Waals surface area contributed by atoms with Crippen molar-refractivity contribution in [2.24, 2.45) is 0 Å². The van der Waals surface area contributed by atoms with Crippen LogP contribution in [-0.4, -0.2) is 0 Å². The van der Waals surface area contributed by atoms with Gasteiger partial charge in [-0.1, -0.05) is 49.7 Å². The Morgan fingerprint density at radius 1 is 0.528 bits per heavy atom. The molecule has 0 amide bonds. The highest BCUT2D eigenvalue weighted by Gasteiger charge is 2.19. The van der Waals surface area contributed by atoms with Crippen LogP contribution < -0.4 is 0 Å². The van der Waals surface area contributed by atoms with E-state index in [1.165, 1.54) is 45.5 Å². The highest BCUT2D eigenvalue weighted by Crippen LogP contribution is 2.37. The van der Waals surface area contributed by atoms with Crippen molar-refractivity contribution in [2.75, 3.05) is 0 Å². The molecule has 0 aromatic heterocycles. The van der Waals surface area contributed by atoms with Crippen LogP contribution >= 0.6 is 0 Å². The largest absolute Gasteiger partial charge is 0.206 e. The summed E-state index contributed by atoms with van der Waals surface area (Å²) >= 11 is 0. The van der Waals surface area contributed by atoms with Crippen molar-refractivity contribution in [3.05, 3.63) is 105 Å². The van der Waals surface area contributed by atoms with Crippen molar-refractivity contribution in [3.63, 3.8) is 0 Å². The molecule has 0 aliphatic carbocycles. The van der Waals surface area contributed by atoms with E-state index in [0.717, 1.165) is 40.7 Å². The van der Waals surface area contributed by atoms with E-state index in [9.17, 15) is 0 Å². The number of aryl methyl sites for hydroxylation is 2. The smallest absolute Gasteiger partial charge is 0.134 e. The zero-order valence-corrected chi connectivity index (χ0v) is 22.8. The number of rotatable bonds is 5. The van der Waals surface area contributed by atoms with Gasteiger partial charge in [-0.2, -0.15) is 0 Å². The molecule has 0 atom stereocenters. The third kappa shape index (κ3) is 4.50. The Labute approximate surface area is 215 Å². The van der Waals surface area contributed by atoms with Crippen molar-refractivity contribution in [3.8, 4) is 33.4 Å². The van der Waals surface area contributed by atoms with E-state index >= 15 is 8.78 Å². The maximum Gasteiger partial charge on any atom is 0.134 e. The predicted molar refractivity (Wildman–Crippen MR) is 150 cm³/mol. The number of hydrogen-bond acceptors (Lipinski definition) is 0. The summed E-state index contributed by atoms with van der Waals surface area (Å²) < 4.78 is 30.9. The second-order valence-corrected chi connectivity index (χ2v) is 10.2. The Morgan fingerprint density at radius 2 is 1.06 bits per heavy atom. The van der Waals surface area contributed by atoms with Crippen LogP contribution in [0.5, 0.6) is 0 Å². The number of halogens is 2. The molecule has 0 nitrogen and oxygen atoms in total. The molecule has 0 aliphatic rings. The molecule has 0 radical (unpaired) electrons. The molecule has 36 heavy (non-hydrogen) atoms. The minimum Gasteiger partial charge on any atom is -0.206 e. The van der Waals surface area contributed by atoms with Crippen LogP contribution in [0.15, 0.2) is 48.5 Å². The molecule has 0 spiro atoms. The molecule has 186 valence electrons. The Kier molecular flexibility index (Phi) is 7.18. The third-order valence-corrected chi connectivity index (χ3v) is 8.08. The van der Waals surface area contributed by atoms with E-state index in [1.807, 2.05) is 44.2 Å². The van der Waals surface area contributed by atoms with Crippen LogP contribution in [0.3, 0.4) is 0 Å². The summed E-state index contributed by atoms with van der Waals surface area (Å²) in [6, 6.07) is 15.1. The Balaban J connectivity index is 1.74. The Morgan fingerprint density at radius 3 is 1.64 bits per heavy atom. The quantitative estimate of drug-likeness (QED) is 0.265. The molecule has 0 bridgehead atoms. The molecule has 0 fully saturated rings. The molecular weight excluding hydrogens is 446 g/mol. The standard InChI is InChI=1S/C34H36F2/c1-9-10-29-20(3)16-31(25(8)24(29)7)34-32(35)17-28(18-33(34)36)26-11-13-27(14-12-26)30-15-19(2)21(4)22(5)23(30)6/h11-18H,9-10H2,1-8H3. The van der Waals surface area contributed by atoms with Crippen molar-refractivity contribution in [1.29, 1.82) is 0 Å². The summed E-state index contributed by atoms with van der Waals surface area (Å²) in [4.78, 5) is 0. The lowest BCUT2D eigenvalue weighted by Crippen LogP contribution is -2.01. The van der Waals surface area contributed by atoms with Crippen LogP contribution in [0.25, 0.3) is 33.4 Å². The van der Waals surface area contributed by atoms with Gasteiger partial charge in [-0.15, -0.1) is 0 Å². The fourth-order valence-electron chi connectivity index (χ4n) is 5.38. The van der Waals surface area contributed by atoms with Crippen molar-refractivity contribution in [1.82, 2.24) is 0 Å². The van der Waals surface area contributed by atoms with Crippen LogP contribution in [0.1, 0.15) is 57.9 Å². The second-order valence-electron chi connectivity index (χ2n) is 10.2. The molecule has 4 rings (SSSR count). The first-order chi connectivity index (χ1) is 17.0. The lowest BCUT2D eigenvalue weighted by Gasteiger charge is -2.18. The first kappa shape index (κ1) is 25.8. The first-order valence-electron chi connectivity index (χ1n) is 12.8. The fourth-order valence-corrected chi connectivity index (χ4v) is 5.38. The van der Waals surface area contributed by atoms with Crippen LogP contribution in [0, 0.1) is 60.1 Å². The van der Waals surface area contributed by atoms with E-state index in [4.69, 9.17) is 0 Å². The van der Waals surface area contributed by atoms with Crippen molar-refractivity contribution < 1.29 is 8.78 Å². The van der Waals surface area contributed by atoms with Crippen molar-refractivity contribution in [2.45, 2.75) is 68.2 Å². The Hall–Kier alpha value is -3.26. The average molecular weight is 483 g/mol. The zero-order valence-electron chi connectivity index (χ0n) is 22.8. The molecule has 0 N–H and O–H groups in total. The van der Waals surface area contributed by atoms with E-state index in [-0.39, 0.29) is 5.56 Å². The number of hydrogen-bond donors (Lipinski definition) is 0. The lowest BCUT2D eigenvalue weighted by molar-refractivity contribution is 0.590. The summed E-state index contributed by atoms with van der Waals surface area (Å²) in [5, 5.41) is 0. The molecule has 4 aromatic rings. The van der Waals surface area contributed by atoms with Gasteiger partial charge in [0.2, 0.25) is 0 Å². The molecule has 2 heteroatoms. The van der Waals surface area contributed by atoms with E-state index in [2.05, 4.69) is 47.6 Å². The molecule has 0 saturated carbocycles. The van der Waals surface area contributed by atoms with E-state index in [0.29, 0.717) is 11.1 Å². The maximum atomic E-state index is 15.5. The van der Waals surface area contributed by atoms with Gasteiger partial charge in [-0.05, 0) is 139 Å². The van der Waals surface area contributed by atoms with Gasteiger partial charge < -0.3 is 0 Å². The van der Waals surface area contributed by atoms with Gasteiger partial charge in [0.1, 0.15) is 11.6 Å². The van der Waals surface area contributed by atoms with Crippen molar-refractivity contribution >= 4 is 0 Å². The number of benzene rings is 4. The summed E-state index contributed by atoms with van der Waals surface area (Å²) in [6.45, 7) is 16.8. The topological polar surface area (TPSA) is 0 Å². The summed E-state index contributed by atoms with van der Waals surface area (Å²) in [5.41, 5.74) is 13.9. The fraction of sp³-hybridized carbons (Fsp3) is 0.294. The normalized spacial score (nSPS) is 11.3.